The van der Waals surface area contributed by atoms with E-state index in [9.17, 15) is 13.2 Å². The van der Waals surface area contributed by atoms with E-state index in [4.69, 9.17) is 4.74 Å². The van der Waals surface area contributed by atoms with Gasteiger partial charge in [-0.2, -0.15) is 13.2 Å². The van der Waals surface area contributed by atoms with Crippen LogP contribution in [0.15, 0.2) is 18.3 Å². The van der Waals surface area contributed by atoms with Gasteiger partial charge in [0.15, 0.2) is 0 Å². The monoisotopic (exact) mass is 262 g/mol. The number of rotatable bonds is 6. The third-order valence-corrected chi connectivity index (χ3v) is 2.54. The first-order valence-electron chi connectivity index (χ1n) is 5.76. The van der Waals surface area contributed by atoms with Crippen molar-refractivity contribution < 1.29 is 17.9 Å². The van der Waals surface area contributed by atoms with Gasteiger partial charge >= 0.3 is 6.18 Å². The maximum absolute atomic E-state index is 12.0. The van der Waals surface area contributed by atoms with Crippen molar-refractivity contribution in [3.8, 4) is 5.88 Å². The number of halogens is 3. The summed E-state index contributed by atoms with van der Waals surface area (Å²) in [6, 6.07) is 3.65. The number of hydrogen-bond acceptors (Lipinski definition) is 3. The van der Waals surface area contributed by atoms with E-state index in [1.165, 1.54) is 0 Å². The molecule has 0 aliphatic rings. The normalized spacial score (nSPS) is 13.4. The van der Waals surface area contributed by atoms with Gasteiger partial charge in [0.25, 0.3) is 0 Å². The summed E-state index contributed by atoms with van der Waals surface area (Å²) < 4.78 is 41.2. The standard InChI is InChI=1S/C12H17F3N2O/c1-9(16-2)10-5-3-7-17-11(10)18-8-4-6-12(13,14)15/h3,5,7,9,16H,4,6,8H2,1-2H3. The molecule has 1 atom stereocenters. The van der Waals surface area contributed by atoms with E-state index in [1.54, 1.807) is 19.3 Å². The van der Waals surface area contributed by atoms with Crippen molar-refractivity contribution >= 4 is 0 Å². The Hall–Kier alpha value is -1.30. The average Bonchev–Trinajstić information content (AvgIpc) is 2.33. The molecule has 1 heterocycles. The Labute approximate surface area is 104 Å². The van der Waals surface area contributed by atoms with Crippen LogP contribution in [-0.4, -0.2) is 24.8 Å². The molecule has 0 spiro atoms. The highest BCUT2D eigenvalue weighted by Crippen LogP contribution is 2.24. The lowest BCUT2D eigenvalue weighted by Crippen LogP contribution is -2.15. The van der Waals surface area contributed by atoms with E-state index in [0.29, 0.717) is 5.88 Å². The van der Waals surface area contributed by atoms with Gasteiger partial charge in [-0.25, -0.2) is 4.98 Å². The van der Waals surface area contributed by atoms with Crippen molar-refractivity contribution in [1.82, 2.24) is 10.3 Å². The highest BCUT2D eigenvalue weighted by molar-refractivity contribution is 5.28. The fraction of sp³-hybridized carbons (Fsp3) is 0.583. The van der Waals surface area contributed by atoms with Crippen LogP contribution >= 0.6 is 0 Å². The van der Waals surface area contributed by atoms with E-state index in [-0.39, 0.29) is 19.1 Å². The number of nitrogens with one attached hydrogen (secondary N) is 1. The molecule has 0 saturated carbocycles. The second kappa shape index (κ2) is 6.58. The molecule has 0 fully saturated rings. The molecule has 3 nitrogen and oxygen atoms in total. The maximum atomic E-state index is 12.0. The van der Waals surface area contributed by atoms with Crippen molar-refractivity contribution in [3.63, 3.8) is 0 Å². The van der Waals surface area contributed by atoms with Crippen LogP contribution in [0, 0.1) is 0 Å². The molecule has 0 amide bonds. The van der Waals surface area contributed by atoms with Crippen molar-refractivity contribution in [2.24, 2.45) is 0 Å². The molecule has 1 aromatic heterocycles. The highest BCUT2D eigenvalue weighted by Gasteiger charge is 2.26. The molecule has 1 rings (SSSR count). The van der Waals surface area contributed by atoms with Gasteiger partial charge in [-0.05, 0) is 26.5 Å². The summed E-state index contributed by atoms with van der Waals surface area (Å²) in [6.07, 6.45) is -3.47. The number of aromatic nitrogens is 1. The molecule has 6 heteroatoms. The molecule has 0 aromatic carbocycles. The van der Waals surface area contributed by atoms with Gasteiger partial charge < -0.3 is 10.1 Å². The number of pyridine rings is 1. The largest absolute Gasteiger partial charge is 0.477 e. The Kier molecular flexibility index (Phi) is 5.40. The predicted octanol–water partition coefficient (Wildman–Crippen LogP) is 3.08. The van der Waals surface area contributed by atoms with Crippen LogP contribution in [-0.2, 0) is 0 Å². The van der Waals surface area contributed by atoms with Gasteiger partial charge in [0, 0.05) is 24.2 Å². The lowest BCUT2D eigenvalue weighted by atomic mass is 10.1. The predicted molar refractivity (Wildman–Crippen MR) is 62.5 cm³/mol. The van der Waals surface area contributed by atoms with Gasteiger partial charge in [0.1, 0.15) is 0 Å². The van der Waals surface area contributed by atoms with Gasteiger partial charge in [-0.15, -0.1) is 0 Å². The minimum Gasteiger partial charge on any atom is -0.477 e. The zero-order valence-corrected chi connectivity index (χ0v) is 10.4. The molecule has 0 aliphatic heterocycles. The van der Waals surface area contributed by atoms with E-state index in [2.05, 4.69) is 10.3 Å². The van der Waals surface area contributed by atoms with Crippen molar-refractivity contribution in [3.05, 3.63) is 23.9 Å². The van der Waals surface area contributed by atoms with Crippen LogP contribution in [0.2, 0.25) is 0 Å². The lowest BCUT2D eigenvalue weighted by Gasteiger charge is -2.15. The third kappa shape index (κ3) is 4.91. The summed E-state index contributed by atoms with van der Waals surface area (Å²) in [5.41, 5.74) is 0.840. The van der Waals surface area contributed by atoms with Crippen LogP contribution in [0.3, 0.4) is 0 Å². The maximum Gasteiger partial charge on any atom is 0.389 e. The van der Waals surface area contributed by atoms with Gasteiger partial charge in [0.2, 0.25) is 5.88 Å². The molecule has 0 radical (unpaired) electrons. The number of nitrogens with zero attached hydrogens (tertiary/aromatic N) is 1. The summed E-state index contributed by atoms with van der Waals surface area (Å²) in [5.74, 6) is 0.390. The van der Waals surface area contributed by atoms with Crippen molar-refractivity contribution in [2.75, 3.05) is 13.7 Å². The van der Waals surface area contributed by atoms with Crippen LogP contribution in [0.5, 0.6) is 5.88 Å². The van der Waals surface area contributed by atoms with Crippen molar-refractivity contribution in [2.45, 2.75) is 32.0 Å². The first kappa shape index (κ1) is 14.8. The summed E-state index contributed by atoms with van der Waals surface area (Å²) in [7, 11) is 1.80. The number of ether oxygens (including phenoxy) is 1. The fourth-order valence-corrected chi connectivity index (χ4v) is 1.45. The molecule has 1 unspecified atom stereocenters. The van der Waals surface area contributed by atoms with Gasteiger partial charge in [-0.1, -0.05) is 6.07 Å². The Morgan fingerprint density at radius 2 is 2.17 bits per heavy atom. The summed E-state index contributed by atoms with van der Waals surface area (Å²) in [5, 5.41) is 3.04. The topological polar surface area (TPSA) is 34.2 Å². The SMILES string of the molecule is CNC(C)c1cccnc1OCCCC(F)(F)F. The molecule has 0 bridgehead atoms. The molecular formula is C12H17F3N2O. The minimum absolute atomic E-state index is 0.0138. The molecule has 102 valence electrons. The van der Waals surface area contributed by atoms with Crippen LogP contribution < -0.4 is 10.1 Å². The van der Waals surface area contributed by atoms with Crippen LogP contribution in [0.1, 0.15) is 31.4 Å². The first-order chi connectivity index (χ1) is 8.44. The summed E-state index contributed by atoms with van der Waals surface area (Å²) in [6.45, 7) is 1.94. The number of hydrogen-bond donors (Lipinski definition) is 1. The quantitative estimate of drug-likeness (QED) is 0.800. The number of alkyl halides is 3. The Morgan fingerprint density at radius 3 is 2.78 bits per heavy atom. The molecule has 1 N–H and O–H groups in total. The van der Waals surface area contributed by atoms with Gasteiger partial charge in [-0.3, -0.25) is 0 Å². The highest BCUT2D eigenvalue weighted by atomic mass is 19.4. The first-order valence-corrected chi connectivity index (χ1v) is 5.76. The van der Waals surface area contributed by atoms with Crippen LogP contribution in [0.4, 0.5) is 13.2 Å². The minimum atomic E-state index is -4.13. The second-order valence-corrected chi connectivity index (χ2v) is 3.98. The third-order valence-electron chi connectivity index (χ3n) is 2.54. The van der Waals surface area contributed by atoms with E-state index in [1.807, 2.05) is 13.0 Å². The fourth-order valence-electron chi connectivity index (χ4n) is 1.45. The lowest BCUT2D eigenvalue weighted by molar-refractivity contribution is -0.136. The van der Waals surface area contributed by atoms with Gasteiger partial charge in [0.05, 0.1) is 6.61 Å². The molecule has 18 heavy (non-hydrogen) atoms. The molecule has 0 aliphatic carbocycles. The average molecular weight is 262 g/mol. The summed E-state index contributed by atoms with van der Waals surface area (Å²) in [4.78, 5) is 4.04. The van der Waals surface area contributed by atoms with E-state index < -0.39 is 12.6 Å². The Morgan fingerprint density at radius 1 is 1.44 bits per heavy atom. The van der Waals surface area contributed by atoms with Crippen molar-refractivity contribution in [1.29, 1.82) is 0 Å². The second-order valence-electron chi connectivity index (χ2n) is 3.98. The zero-order valence-electron chi connectivity index (χ0n) is 10.4. The van der Waals surface area contributed by atoms with Crippen LogP contribution in [0.25, 0.3) is 0 Å². The Bertz CT molecular complexity index is 369. The molecule has 0 saturated heterocycles. The zero-order chi connectivity index (χ0) is 13.6. The Balaban J connectivity index is 2.52. The smallest absolute Gasteiger partial charge is 0.389 e. The van der Waals surface area contributed by atoms with E-state index in [0.717, 1.165) is 5.56 Å². The molecule has 1 aromatic rings. The van der Waals surface area contributed by atoms with E-state index >= 15 is 0 Å². The summed E-state index contributed by atoms with van der Waals surface area (Å²) >= 11 is 0. The molecular weight excluding hydrogens is 245 g/mol.